The van der Waals surface area contributed by atoms with Gasteiger partial charge in [0, 0.05) is 14.1 Å². The van der Waals surface area contributed by atoms with E-state index in [9.17, 15) is 18.0 Å². The Labute approximate surface area is 252 Å². The van der Waals surface area contributed by atoms with E-state index in [4.69, 9.17) is 16.3 Å². The number of sulfonamides is 1. The molecule has 0 aliphatic carbocycles. The van der Waals surface area contributed by atoms with Gasteiger partial charge in [0.1, 0.15) is 16.7 Å². The Morgan fingerprint density at radius 1 is 1.02 bits per heavy atom. The number of para-hydroxylation sites is 1. The smallest absolute Gasteiger partial charge is 0.338 e. The number of hydrogen-bond donors (Lipinski definition) is 0. The number of benzene rings is 3. The molecule has 10 heteroatoms. The molecule has 4 aromatic rings. The van der Waals surface area contributed by atoms with Crippen LogP contribution in [0.15, 0.2) is 82.5 Å². The van der Waals surface area contributed by atoms with Gasteiger partial charge in [-0.15, -0.1) is 0 Å². The highest BCUT2D eigenvalue weighted by Gasteiger charge is 2.31. The van der Waals surface area contributed by atoms with Crippen LogP contribution in [0.3, 0.4) is 0 Å². The van der Waals surface area contributed by atoms with E-state index in [1.807, 2.05) is 37.3 Å². The van der Waals surface area contributed by atoms with E-state index in [1.165, 1.54) is 29.9 Å². The lowest BCUT2D eigenvalue weighted by molar-refractivity contribution is 0.0287. The standard InChI is InChI=1S/C32H36ClN3O5S/c1-8-27(22-14-17-24(18-15-22)32(3,4)5)41-31(38)23-16-19-26(33)28(20-23)42(39,40)35(7)29-21(2)34(6)36(30(29)37)25-12-10-9-11-13-25/h9-20,27H,8H2,1-7H3. The molecule has 1 aromatic heterocycles. The van der Waals surface area contributed by atoms with Gasteiger partial charge in [0.25, 0.3) is 15.6 Å². The second-order valence-electron chi connectivity index (χ2n) is 11.2. The van der Waals surface area contributed by atoms with Gasteiger partial charge in [0.2, 0.25) is 0 Å². The Bertz CT molecular complexity index is 1770. The molecule has 1 atom stereocenters. The summed E-state index contributed by atoms with van der Waals surface area (Å²) in [5.41, 5.74) is 2.50. The summed E-state index contributed by atoms with van der Waals surface area (Å²) in [6.07, 6.45) is 0.0108. The highest BCUT2D eigenvalue weighted by Crippen LogP contribution is 2.31. The third-order valence-electron chi connectivity index (χ3n) is 7.41. The van der Waals surface area contributed by atoms with Crippen molar-refractivity contribution in [2.24, 2.45) is 7.05 Å². The highest BCUT2D eigenvalue weighted by molar-refractivity contribution is 7.93. The van der Waals surface area contributed by atoms with E-state index in [0.717, 1.165) is 15.4 Å². The van der Waals surface area contributed by atoms with Crippen molar-refractivity contribution >= 4 is 33.3 Å². The second-order valence-corrected chi connectivity index (χ2v) is 13.5. The highest BCUT2D eigenvalue weighted by atomic mass is 35.5. The van der Waals surface area contributed by atoms with Gasteiger partial charge in [-0.2, -0.15) is 0 Å². The van der Waals surface area contributed by atoms with Crippen LogP contribution in [0.2, 0.25) is 5.02 Å². The molecule has 0 spiro atoms. The summed E-state index contributed by atoms with van der Waals surface area (Å²) in [5, 5.41) is -0.0832. The zero-order valence-electron chi connectivity index (χ0n) is 24.9. The molecule has 0 fully saturated rings. The topological polar surface area (TPSA) is 90.6 Å². The van der Waals surface area contributed by atoms with Crippen molar-refractivity contribution in [1.82, 2.24) is 9.36 Å². The van der Waals surface area contributed by atoms with Crippen molar-refractivity contribution in [1.29, 1.82) is 0 Å². The fourth-order valence-corrected chi connectivity index (χ4v) is 6.54. The summed E-state index contributed by atoms with van der Waals surface area (Å²) < 4.78 is 37.4. The Balaban J connectivity index is 1.66. The first kappa shape index (κ1) is 31.1. The fourth-order valence-electron chi connectivity index (χ4n) is 4.79. The normalized spacial score (nSPS) is 12.7. The van der Waals surface area contributed by atoms with Gasteiger partial charge in [-0.25, -0.2) is 17.9 Å². The van der Waals surface area contributed by atoms with Crippen molar-refractivity contribution in [3.63, 3.8) is 0 Å². The number of ether oxygens (including phenoxy) is 1. The molecule has 0 aliphatic rings. The van der Waals surface area contributed by atoms with Crippen LogP contribution >= 0.6 is 11.6 Å². The lowest BCUT2D eigenvalue weighted by Gasteiger charge is -2.22. The molecule has 1 unspecified atom stereocenters. The summed E-state index contributed by atoms with van der Waals surface area (Å²) in [6, 6.07) is 20.8. The maximum Gasteiger partial charge on any atom is 0.338 e. The summed E-state index contributed by atoms with van der Waals surface area (Å²) >= 11 is 6.36. The van der Waals surface area contributed by atoms with E-state index in [2.05, 4.69) is 20.8 Å². The van der Waals surface area contributed by atoms with Gasteiger partial charge >= 0.3 is 5.97 Å². The third-order valence-corrected chi connectivity index (χ3v) is 9.65. The molecular formula is C32H36ClN3O5S. The molecule has 42 heavy (non-hydrogen) atoms. The van der Waals surface area contributed by atoms with Gasteiger partial charge in [-0.05, 0) is 60.2 Å². The molecule has 1 heterocycles. The predicted octanol–water partition coefficient (Wildman–Crippen LogP) is 6.57. The zero-order valence-corrected chi connectivity index (χ0v) is 26.5. The summed E-state index contributed by atoms with van der Waals surface area (Å²) in [6.45, 7) is 9.95. The molecule has 0 amide bonds. The minimum Gasteiger partial charge on any atom is -0.454 e. The molecule has 3 aromatic carbocycles. The average molecular weight is 610 g/mol. The number of carbonyl (C=O) groups is 1. The maximum absolute atomic E-state index is 13.8. The second kappa shape index (κ2) is 11.8. The Hall–Kier alpha value is -3.82. The van der Waals surface area contributed by atoms with Crippen LogP contribution in [0.1, 0.15) is 67.4 Å². The first-order valence-corrected chi connectivity index (χ1v) is 15.4. The first-order valence-electron chi connectivity index (χ1n) is 13.6. The molecular weight excluding hydrogens is 574 g/mol. The minimum atomic E-state index is -4.35. The first-order chi connectivity index (χ1) is 19.7. The Morgan fingerprint density at radius 2 is 1.64 bits per heavy atom. The fraction of sp³-hybridized carbons (Fsp3) is 0.312. The molecule has 0 saturated heterocycles. The van der Waals surface area contributed by atoms with Gasteiger partial charge in [-0.1, -0.05) is 81.8 Å². The number of aromatic nitrogens is 2. The molecule has 0 bridgehead atoms. The molecule has 0 N–H and O–H groups in total. The van der Waals surface area contributed by atoms with E-state index in [1.54, 1.807) is 42.9 Å². The molecule has 0 saturated carbocycles. The summed E-state index contributed by atoms with van der Waals surface area (Å²) in [4.78, 5) is 26.4. The van der Waals surface area contributed by atoms with Crippen LogP contribution in [0.5, 0.6) is 0 Å². The maximum atomic E-state index is 13.8. The van der Waals surface area contributed by atoms with E-state index < -0.39 is 27.7 Å². The molecule has 222 valence electrons. The number of halogens is 1. The molecule has 0 aliphatic heterocycles. The van der Waals surface area contributed by atoms with E-state index in [-0.39, 0.29) is 26.6 Å². The largest absolute Gasteiger partial charge is 0.454 e. The number of hydrogen-bond acceptors (Lipinski definition) is 5. The number of esters is 1. The number of rotatable bonds is 8. The summed E-state index contributed by atoms with van der Waals surface area (Å²) in [5.74, 6) is -0.681. The SMILES string of the molecule is CCC(OC(=O)c1ccc(Cl)c(S(=O)(=O)N(C)c2c(C)n(C)n(-c3ccccc3)c2=O)c1)c1ccc(C(C)(C)C)cc1. The van der Waals surface area contributed by atoms with Crippen LogP contribution in [-0.2, 0) is 27.2 Å². The van der Waals surface area contributed by atoms with Gasteiger partial charge in [-0.3, -0.25) is 13.8 Å². The molecule has 8 nitrogen and oxygen atoms in total. The monoisotopic (exact) mass is 609 g/mol. The van der Waals surface area contributed by atoms with Crippen LogP contribution in [0.25, 0.3) is 5.69 Å². The van der Waals surface area contributed by atoms with Crippen molar-refractivity contribution in [2.45, 2.75) is 57.5 Å². The average Bonchev–Trinajstić information content (AvgIpc) is 3.18. The van der Waals surface area contributed by atoms with Crippen molar-refractivity contribution in [2.75, 3.05) is 11.4 Å². The Kier molecular flexibility index (Phi) is 8.76. The minimum absolute atomic E-state index is 0.0117. The van der Waals surface area contributed by atoms with Crippen LogP contribution in [0, 0.1) is 6.92 Å². The van der Waals surface area contributed by atoms with Crippen molar-refractivity contribution in [3.05, 3.63) is 111 Å². The Morgan fingerprint density at radius 3 is 2.21 bits per heavy atom. The summed E-state index contributed by atoms with van der Waals surface area (Å²) in [7, 11) is -1.37. The zero-order chi connectivity index (χ0) is 31.0. The predicted molar refractivity (Wildman–Crippen MR) is 166 cm³/mol. The number of anilines is 1. The van der Waals surface area contributed by atoms with E-state index >= 15 is 0 Å². The number of carbonyl (C=O) groups excluding carboxylic acids is 1. The molecule has 0 radical (unpaired) electrons. The van der Waals surface area contributed by atoms with Crippen LogP contribution in [0.4, 0.5) is 5.69 Å². The molecule has 4 rings (SSSR count). The van der Waals surface area contributed by atoms with Gasteiger partial charge < -0.3 is 4.74 Å². The van der Waals surface area contributed by atoms with Crippen LogP contribution in [-0.4, -0.2) is 30.8 Å². The van der Waals surface area contributed by atoms with E-state index in [0.29, 0.717) is 17.8 Å². The lowest BCUT2D eigenvalue weighted by Crippen LogP contribution is -2.32. The van der Waals surface area contributed by atoms with Gasteiger partial charge in [0.05, 0.1) is 22.0 Å². The number of nitrogens with zero attached hydrogens (tertiary/aromatic N) is 3. The van der Waals surface area contributed by atoms with Crippen LogP contribution < -0.4 is 9.86 Å². The van der Waals surface area contributed by atoms with Crippen molar-refractivity contribution < 1.29 is 17.9 Å². The van der Waals surface area contributed by atoms with Gasteiger partial charge in [0.15, 0.2) is 0 Å². The third kappa shape index (κ3) is 5.89. The van der Waals surface area contributed by atoms with Crippen molar-refractivity contribution in [3.8, 4) is 5.69 Å². The lowest BCUT2D eigenvalue weighted by atomic mass is 9.86. The quantitative estimate of drug-likeness (QED) is 0.211.